The zero-order valence-corrected chi connectivity index (χ0v) is 19.4. The highest BCUT2D eigenvalue weighted by Gasteiger charge is 2.15. The van der Waals surface area contributed by atoms with Crippen molar-refractivity contribution in [3.05, 3.63) is 40.2 Å². The van der Waals surface area contributed by atoms with Crippen molar-refractivity contribution in [2.24, 2.45) is 11.7 Å². The fraction of sp³-hybridized carbons (Fsp3) is 0.350. The lowest BCUT2D eigenvalue weighted by atomic mass is 10.0. The summed E-state index contributed by atoms with van der Waals surface area (Å²) >= 11 is 6.91. The molecule has 5 N–H and O–H groups in total. The Kier molecular flexibility index (Phi) is 9.83. The Labute approximate surface area is 186 Å². The molecule has 2 unspecified atom stereocenters. The van der Waals surface area contributed by atoms with Crippen LogP contribution in [-0.4, -0.2) is 38.0 Å². The van der Waals surface area contributed by atoms with Gasteiger partial charge in [-0.1, -0.05) is 31.5 Å². The van der Waals surface area contributed by atoms with Crippen molar-refractivity contribution in [2.45, 2.75) is 43.9 Å². The summed E-state index contributed by atoms with van der Waals surface area (Å²) < 4.78 is 15.1. The number of nitrogens with one attached hydrogen (secondary N) is 1. The van der Waals surface area contributed by atoms with Crippen molar-refractivity contribution in [3.8, 4) is 11.5 Å². The number of amides is 1. The number of halogens is 1. The smallest absolute Gasteiger partial charge is 0.235 e. The van der Waals surface area contributed by atoms with Crippen molar-refractivity contribution in [2.75, 3.05) is 0 Å². The van der Waals surface area contributed by atoms with Crippen molar-refractivity contribution < 1.29 is 24.0 Å². The lowest BCUT2D eigenvalue weighted by Crippen LogP contribution is -2.31. The SMILES string of the molecule is C=S(=O)(NC(=O)Cc1ccc(O)c(O)c1)c1cc(Cl)cs1.CC(=O)C(N)CC(C)C. The van der Waals surface area contributed by atoms with Gasteiger partial charge in [0.05, 0.1) is 27.2 Å². The second kappa shape index (κ2) is 11.4. The van der Waals surface area contributed by atoms with Gasteiger partial charge < -0.3 is 15.9 Å². The molecule has 0 aliphatic rings. The highest BCUT2D eigenvalue weighted by atomic mass is 35.5. The van der Waals surface area contributed by atoms with Gasteiger partial charge in [-0.05, 0) is 48.9 Å². The van der Waals surface area contributed by atoms with Crippen molar-refractivity contribution >= 4 is 50.2 Å². The minimum absolute atomic E-state index is 0.0868. The van der Waals surface area contributed by atoms with Gasteiger partial charge in [0.25, 0.3) is 0 Å². The number of Topliss-reactive ketones (excluding diaryl/α,β-unsaturated/α-hetero) is 1. The lowest BCUT2D eigenvalue weighted by molar-refractivity contribution is -0.119. The number of hydrogen-bond donors (Lipinski definition) is 4. The number of phenolic OH excluding ortho intramolecular Hbond substituents is 2. The molecular formula is C20H27ClN2O5S2. The van der Waals surface area contributed by atoms with Gasteiger partial charge in [-0.3, -0.25) is 14.3 Å². The molecule has 0 spiro atoms. The topological polar surface area (TPSA) is 130 Å². The summed E-state index contributed by atoms with van der Waals surface area (Å²) in [4.78, 5) is 22.5. The van der Waals surface area contributed by atoms with Crippen LogP contribution >= 0.6 is 22.9 Å². The number of rotatable bonds is 7. The number of ketones is 1. The summed E-state index contributed by atoms with van der Waals surface area (Å²) in [6.45, 7) is 5.65. The summed E-state index contributed by atoms with van der Waals surface area (Å²) in [5.74, 6) is 3.03. The van der Waals surface area contributed by atoms with Gasteiger partial charge in [0.15, 0.2) is 11.5 Å². The molecule has 2 atom stereocenters. The molecule has 166 valence electrons. The molecule has 1 aromatic carbocycles. The van der Waals surface area contributed by atoms with Gasteiger partial charge in [-0.25, -0.2) is 4.21 Å². The minimum atomic E-state index is -2.95. The van der Waals surface area contributed by atoms with Crippen molar-refractivity contribution in [1.29, 1.82) is 0 Å². The maximum atomic E-state index is 12.3. The molecule has 0 saturated heterocycles. The molecular weight excluding hydrogens is 448 g/mol. The summed E-state index contributed by atoms with van der Waals surface area (Å²) in [6, 6.07) is 5.28. The first-order chi connectivity index (χ1) is 13.8. The normalized spacial score (nSPS) is 13.7. The van der Waals surface area contributed by atoms with E-state index in [1.54, 1.807) is 5.38 Å². The molecule has 1 amide bonds. The third kappa shape index (κ3) is 8.74. The summed E-state index contributed by atoms with van der Waals surface area (Å²) in [7, 11) is -2.95. The highest BCUT2D eigenvalue weighted by Crippen LogP contribution is 2.26. The Morgan fingerprint density at radius 1 is 1.27 bits per heavy atom. The highest BCUT2D eigenvalue weighted by molar-refractivity contribution is 8.00. The molecule has 0 aliphatic carbocycles. The summed E-state index contributed by atoms with van der Waals surface area (Å²) in [5.41, 5.74) is 5.94. The number of thiophene rings is 1. The monoisotopic (exact) mass is 474 g/mol. The zero-order valence-electron chi connectivity index (χ0n) is 17.1. The molecule has 1 heterocycles. The van der Waals surface area contributed by atoms with Crippen molar-refractivity contribution in [1.82, 2.24) is 4.72 Å². The fourth-order valence-electron chi connectivity index (χ4n) is 2.28. The van der Waals surface area contributed by atoms with Crippen LogP contribution in [0.2, 0.25) is 5.02 Å². The first kappa shape index (κ1) is 26.0. The number of aromatic hydroxyl groups is 2. The van der Waals surface area contributed by atoms with E-state index in [0.29, 0.717) is 20.7 Å². The maximum Gasteiger partial charge on any atom is 0.235 e. The van der Waals surface area contributed by atoms with Gasteiger partial charge in [-0.15, -0.1) is 11.3 Å². The quantitative estimate of drug-likeness (QED) is 0.360. The van der Waals surface area contributed by atoms with E-state index in [0.717, 1.165) is 17.8 Å². The molecule has 2 aromatic rings. The van der Waals surface area contributed by atoms with E-state index in [2.05, 4.69) is 24.4 Å². The van der Waals surface area contributed by atoms with Crippen LogP contribution in [-0.2, 0) is 25.7 Å². The minimum Gasteiger partial charge on any atom is -0.504 e. The molecule has 7 nitrogen and oxygen atoms in total. The molecule has 30 heavy (non-hydrogen) atoms. The second-order valence-electron chi connectivity index (χ2n) is 7.13. The van der Waals surface area contributed by atoms with Crippen LogP contribution in [0.1, 0.15) is 32.8 Å². The third-order valence-corrected chi connectivity index (χ3v) is 7.29. The van der Waals surface area contributed by atoms with Crippen LogP contribution in [0.5, 0.6) is 11.5 Å². The Hall–Kier alpha value is -2.07. The average molecular weight is 475 g/mol. The largest absolute Gasteiger partial charge is 0.504 e. The number of benzene rings is 1. The van der Waals surface area contributed by atoms with E-state index in [-0.39, 0.29) is 29.7 Å². The molecule has 0 aliphatic heterocycles. The molecule has 10 heteroatoms. The van der Waals surface area contributed by atoms with Gasteiger partial charge in [-0.2, -0.15) is 0 Å². The number of carbonyl (C=O) groups is 2. The molecule has 0 radical (unpaired) electrons. The maximum absolute atomic E-state index is 12.3. The van der Waals surface area contributed by atoms with E-state index in [1.807, 2.05) is 0 Å². The van der Waals surface area contributed by atoms with Gasteiger partial charge in [0.1, 0.15) is 9.99 Å². The Balaban J connectivity index is 0.000000424. The van der Waals surface area contributed by atoms with Gasteiger partial charge in [0, 0.05) is 5.38 Å². The van der Waals surface area contributed by atoms with E-state index in [9.17, 15) is 24.0 Å². The van der Waals surface area contributed by atoms with E-state index < -0.39 is 15.6 Å². The van der Waals surface area contributed by atoms with E-state index in [4.69, 9.17) is 17.3 Å². The van der Waals surface area contributed by atoms with Crippen LogP contribution in [0.15, 0.2) is 33.9 Å². The lowest BCUT2D eigenvalue weighted by Gasteiger charge is -2.09. The Morgan fingerprint density at radius 2 is 1.90 bits per heavy atom. The van der Waals surface area contributed by atoms with Crippen LogP contribution in [0, 0.1) is 5.92 Å². The number of phenols is 2. The third-order valence-electron chi connectivity index (χ3n) is 3.80. The van der Waals surface area contributed by atoms with Crippen LogP contribution in [0.3, 0.4) is 0 Å². The van der Waals surface area contributed by atoms with Gasteiger partial charge in [0.2, 0.25) is 5.91 Å². The number of nitrogens with two attached hydrogens (primary N) is 1. The Bertz CT molecular complexity index is 987. The molecule has 1 aromatic heterocycles. The second-order valence-corrected chi connectivity index (χ2v) is 10.7. The van der Waals surface area contributed by atoms with E-state index in [1.165, 1.54) is 31.2 Å². The first-order valence-corrected chi connectivity index (χ1v) is 12.0. The van der Waals surface area contributed by atoms with Crippen LogP contribution < -0.4 is 10.5 Å². The predicted molar refractivity (Wildman–Crippen MR) is 123 cm³/mol. The summed E-state index contributed by atoms with van der Waals surface area (Å²) in [6.07, 6.45) is 0.703. The molecule has 0 fully saturated rings. The fourth-order valence-corrected chi connectivity index (χ4v) is 4.89. The molecule has 0 saturated carbocycles. The predicted octanol–water partition coefficient (Wildman–Crippen LogP) is 3.11. The first-order valence-electron chi connectivity index (χ1n) is 9.00. The number of hydrogen-bond acceptors (Lipinski definition) is 7. The van der Waals surface area contributed by atoms with Gasteiger partial charge >= 0.3 is 0 Å². The summed E-state index contributed by atoms with van der Waals surface area (Å²) in [5, 5.41) is 20.6. The average Bonchev–Trinajstić information content (AvgIpc) is 3.05. The standard InChI is InChI=1S/C13H12ClNO4S2.C7H15NO/c1-21(19,13-6-9(14)7-20-13)15-12(18)5-8-2-3-10(16)11(17)4-8;1-5(2)4-7(8)6(3)9/h2-4,6-7,16-17H,1,5H2,(H,15,18,19);5,7H,4,8H2,1-3H3. The van der Waals surface area contributed by atoms with Crippen molar-refractivity contribution in [3.63, 3.8) is 0 Å². The molecule has 0 bridgehead atoms. The zero-order chi connectivity index (χ0) is 23.1. The molecule has 2 rings (SSSR count). The van der Waals surface area contributed by atoms with Crippen LogP contribution in [0.25, 0.3) is 0 Å². The van der Waals surface area contributed by atoms with E-state index >= 15 is 0 Å². The van der Waals surface area contributed by atoms with Crippen LogP contribution in [0.4, 0.5) is 0 Å². The number of carbonyl (C=O) groups excluding carboxylic acids is 2. The Morgan fingerprint density at radius 3 is 2.33 bits per heavy atom.